The van der Waals surface area contributed by atoms with Crippen molar-refractivity contribution < 1.29 is 9.53 Å². The highest BCUT2D eigenvalue weighted by molar-refractivity contribution is 5.91. The van der Waals surface area contributed by atoms with Gasteiger partial charge < -0.3 is 15.0 Å². The minimum atomic E-state index is -0.143. The maximum absolute atomic E-state index is 12.7. The van der Waals surface area contributed by atoms with Crippen LogP contribution in [-0.2, 0) is 4.74 Å². The van der Waals surface area contributed by atoms with E-state index in [4.69, 9.17) is 10.00 Å². The van der Waals surface area contributed by atoms with Crippen molar-refractivity contribution in [3.8, 4) is 6.07 Å². The average Bonchev–Trinajstić information content (AvgIpc) is 2.59. The lowest BCUT2D eigenvalue weighted by Crippen LogP contribution is -2.44. The molecule has 0 aromatic heterocycles. The molecule has 6 nitrogen and oxygen atoms in total. The first-order chi connectivity index (χ1) is 11.6. The number of carbonyl (C=O) groups is 1. The molecule has 24 heavy (non-hydrogen) atoms. The van der Waals surface area contributed by atoms with Crippen molar-refractivity contribution in [3.05, 3.63) is 29.3 Å². The number of nitrogens with zero attached hydrogens (tertiary/aromatic N) is 3. The van der Waals surface area contributed by atoms with Gasteiger partial charge in [-0.05, 0) is 25.0 Å². The molecule has 0 aliphatic carbocycles. The van der Waals surface area contributed by atoms with Crippen LogP contribution in [0.2, 0.25) is 0 Å². The van der Waals surface area contributed by atoms with Crippen molar-refractivity contribution >= 4 is 11.7 Å². The number of hydrogen-bond donors (Lipinski definition) is 1. The summed E-state index contributed by atoms with van der Waals surface area (Å²) >= 11 is 0. The van der Waals surface area contributed by atoms with Crippen LogP contribution in [0.25, 0.3) is 0 Å². The van der Waals surface area contributed by atoms with E-state index < -0.39 is 0 Å². The highest BCUT2D eigenvalue weighted by atomic mass is 16.5. The molecule has 130 valence electrons. The Morgan fingerprint density at radius 1 is 1.29 bits per heavy atom. The summed E-state index contributed by atoms with van der Waals surface area (Å²) < 4.78 is 5.35. The van der Waals surface area contributed by atoms with E-state index >= 15 is 0 Å². The molecule has 0 saturated carbocycles. The quantitative estimate of drug-likeness (QED) is 0.869. The molecular weight excluding hydrogens is 304 g/mol. The van der Waals surface area contributed by atoms with Crippen LogP contribution in [0.4, 0.5) is 10.5 Å². The number of benzene rings is 1. The van der Waals surface area contributed by atoms with Crippen molar-refractivity contribution in [1.82, 2.24) is 9.80 Å². The van der Waals surface area contributed by atoms with Crippen molar-refractivity contribution in [2.24, 2.45) is 0 Å². The van der Waals surface area contributed by atoms with Crippen molar-refractivity contribution in [3.63, 3.8) is 0 Å². The van der Waals surface area contributed by atoms with Crippen LogP contribution in [0.5, 0.6) is 0 Å². The van der Waals surface area contributed by atoms with Crippen LogP contribution in [-0.4, -0.2) is 61.8 Å². The summed E-state index contributed by atoms with van der Waals surface area (Å²) in [6.07, 6.45) is 0.337. The topological polar surface area (TPSA) is 68.6 Å². The lowest BCUT2D eigenvalue weighted by Gasteiger charge is -2.30. The highest BCUT2D eigenvalue weighted by Gasteiger charge is 2.17. The molecule has 0 spiro atoms. The summed E-state index contributed by atoms with van der Waals surface area (Å²) in [6, 6.07) is 7.92. The molecule has 1 N–H and O–H groups in total. The van der Waals surface area contributed by atoms with Gasteiger partial charge in [0.1, 0.15) is 0 Å². The van der Waals surface area contributed by atoms with Gasteiger partial charge in [-0.3, -0.25) is 4.90 Å². The van der Waals surface area contributed by atoms with Crippen molar-refractivity contribution in [2.75, 3.05) is 51.3 Å². The third-order valence-electron chi connectivity index (χ3n) is 4.28. The lowest BCUT2D eigenvalue weighted by molar-refractivity contribution is 0.0352. The highest BCUT2D eigenvalue weighted by Crippen LogP contribution is 2.20. The van der Waals surface area contributed by atoms with Gasteiger partial charge in [0.2, 0.25) is 0 Å². The predicted octanol–water partition coefficient (Wildman–Crippen LogP) is 2.38. The number of amides is 2. The summed E-state index contributed by atoms with van der Waals surface area (Å²) in [4.78, 5) is 16.7. The summed E-state index contributed by atoms with van der Waals surface area (Å²) in [5, 5.41) is 11.9. The second-order valence-electron chi connectivity index (χ2n) is 6.05. The average molecular weight is 330 g/mol. The second kappa shape index (κ2) is 9.26. The first-order valence-corrected chi connectivity index (χ1v) is 8.41. The normalized spacial score (nSPS) is 14.9. The van der Waals surface area contributed by atoms with E-state index in [1.54, 1.807) is 4.90 Å². The fourth-order valence-electron chi connectivity index (χ4n) is 2.78. The molecule has 2 amide bonds. The lowest BCUT2D eigenvalue weighted by atomic mass is 10.1. The Morgan fingerprint density at radius 3 is 2.58 bits per heavy atom. The number of anilines is 1. The molecule has 1 aromatic carbocycles. The molecule has 2 rings (SSSR count). The third-order valence-corrected chi connectivity index (χ3v) is 4.28. The van der Waals surface area contributed by atoms with E-state index in [1.165, 1.54) is 0 Å². The van der Waals surface area contributed by atoms with E-state index in [9.17, 15) is 4.79 Å². The maximum atomic E-state index is 12.7. The Hall–Kier alpha value is -2.10. The van der Waals surface area contributed by atoms with Gasteiger partial charge in [-0.2, -0.15) is 5.26 Å². The molecule has 1 aromatic rings. The van der Waals surface area contributed by atoms with Gasteiger partial charge in [0.05, 0.1) is 25.7 Å². The number of morpholine rings is 1. The van der Waals surface area contributed by atoms with Gasteiger partial charge in [-0.15, -0.1) is 0 Å². The summed E-state index contributed by atoms with van der Waals surface area (Å²) in [5.74, 6) is 0. The van der Waals surface area contributed by atoms with Gasteiger partial charge in [0.25, 0.3) is 0 Å². The molecule has 0 unspecified atom stereocenters. The smallest absolute Gasteiger partial charge is 0.321 e. The number of rotatable bonds is 6. The van der Waals surface area contributed by atoms with Gasteiger partial charge in [-0.25, -0.2) is 4.79 Å². The molecule has 1 heterocycles. The maximum Gasteiger partial charge on any atom is 0.321 e. The van der Waals surface area contributed by atoms with Crippen LogP contribution in [0, 0.1) is 25.2 Å². The standard InChI is InChI=1S/C18H26N4O2/c1-15-5-3-6-16(2)17(15)20-18(23)22(8-4-7-19)10-9-21-11-13-24-14-12-21/h3,5-6H,4,8-14H2,1-2H3,(H,20,23). The van der Waals surface area contributed by atoms with Gasteiger partial charge >= 0.3 is 6.03 Å². The number of ether oxygens (including phenoxy) is 1. The predicted molar refractivity (Wildman–Crippen MR) is 94.0 cm³/mol. The van der Waals surface area contributed by atoms with E-state index in [0.29, 0.717) is 19.5 Å². The summed E-state index contributed by atoms with van der Waals surface area (Å²) in [5.41, 5.74) is 2.93. The molecule has 1 aliphatic heterocycles. The zero-order chi connectivity index (χ0) is 17.4. The van der Waals surface area contributed by atoms with E-state index in [-0.39, 0.29) is 6.03 Å². The zero-order valence-electron chi connectivity index (χ0n) is 14.5. The second-order valence-corrected chi connectivity index (χ2v) is 6.05. The number of nitriles is 1. The van der Waals surface area contributed by atoms with Gasteiger partial charge in [0, 0.05) is 38.4 Å². The van der Waals surface area contributed by atoms with Gasteiger partial charge in [0.15, 0.2) is 0 Å². The van der Waals surface area contributed by atoms with Gasteiger partial charge in [-0.1, -0.05) is 18.2 Å². The summed E-state index contributed by atoms with van der Waals surface area (Å²) in [6.45, 7) is 9.09. The van der Waals surface area contributed by atoms with E-state index in [0.717, 1.165) is 49.7 Å². The molecular formula is C18H26N4O2. The number of hydrogen-bond acceptors (Lipinski definition) is 4. The number of aryl methyl sites for hydroxylation is 2. The Bertz CT molecular complexity index is 571. The Labute approximate surface area is 144 Å². The number of para-hydroxylation sites is 1. The fourth-order valence-corrected chi connectivity index (χ4v) is 2.78. The summed E-state index contributed by atoms with van der Waals surface area (Å²) in [7, 11) is 0. The molecule has 0 bridgehead atoms. The molecule has 0 radical (unpaired) electrons. The van der Waals surface area contributed by atoms with Crippen LogP contribution >= 0.6 is 0 Å². The molecule has 6 heteroatoms. The Kier molecular flexibility index (Phi) is 7.04. The van der Waals surface area contributed by atoms with E-state index in [1.807, 2.05) is 32.0 Å². The Balaban J connectivity index is 1.97. The molecule has 0 atom stereocenters. The van der Waals surface area contributed by atoms with Crippen LogP contribution in [0.15, 0.2) is 18.2 Å². The fraction of sp³-hybridized carbons (Fsp3) is 0.556. The van der Waals surface area contributed by atoms with Crippen LogP contribution in [0.3, 0.4) is 0 Å². The Morgan fingerprint density at radius 2 is 1.96 bits per heavy atom. The van der Waals surface area contributed by atoms with Crippen molar-refractivity contribution in [2.45, 2.75) is 20.3 Å². The van der Waals surface area contributed by atoms with Crippen molar-refractivity contribution in [1.29, 1.82) is 5.26 Å². The number of carbonyl (C=O) groups excluding carboxylic acids is 1. The third kappa shape index (κ3) is 5.22. The first-order valence-electron chi connectivity index (χ1n) is 8.41. The monoisotopic (exact) mass is 330 g/mol. The minimum absolute atomic E-state index is 0.143. The van der Waals surface area contributed by atoms with E-state index in [2.05, 4.69) is 16.3 Å². The number of nitrogens with one attached hydrogen (secondary N) is 1. The molecule has 1 fully saturated rings. The van der Waals surface area contributed by atoms with Crippen LogP contribution in [0.1, 0.15) is 17.5 Å². The first kappa shape index (κ1) is 18.2. The minimum Gasteiger partial charge on any atom is -0.379 e. The SMILES string of the molecule is Cc1cccc(C)c1NC(=O)N(CCC#N)CCN1CCOCC1. The molecule has 1 saturated heterocycles. The number of urea groups is 1. The molecule has 1 aliphatic rings. The van der Waals surface area contributed by atoms with Crippen LogP contribution < -0.4 is 5.32 Å². The largest absolute Gasteiger partial charge is 0.379 e. The zero-order valence-corrected chi connectivity index (χ0v) is 14.5.